The molecule has 1 fully saturated rings. The van der Waals surface area contributed by atoms with Gasteiger partial charge in [-0.25, -0.2) is 4.79 Å². The van der Waals surface area contributed by atoms with Gasteiger partial charge in [0.15, 0.2) is 0 Å². The van der Waals surface area contributed by atoms with Gasteiger partial charge in [0.25, 0.3) is 0 Å². The molecule has 3 N–H and O–H groups in total. The number of hydrogen-bond donors (Lipinski definition) is 3. The molecule has 7 nitrogen and oxygen atoms in total. The Labute approximate surface area is 225 Å². The zero-order valence-corrected chi connectivity index (χ0v) is 22.9. The highest BCUT2D eigenvalue weighted by atomic mass is 16.4. The number of carboxylic acid groups (broad SMARTS) is 2. The minimum Gasteiger partial charge on any atom is -0.480 e. The second-order valence-corrected chi connectivity index (χ2v) is 11.8. The van der Waals surface area contributed by atoms with Crippen LogP contribution in [0.5, 0.6) is 0 Å². The molecule has 38 heavy (non-hydrogen) atoms. The van der Waals surface area contributed by atoms with Gasteiger partial charge in [-0.2, -0.15) is 0 Å². The SMILES string of the molecule is CC(C(=O)O)N1CCN(c2cc(C(O)C#Cc3ccc(C(=O)O)cc3)cc3c2C(C)(C)CCC3(C)C)CC1. The lowest BCUT2D eigenvalue weighted by atomic mass is 9.62. The van der Waals surface area contributed by atoms with Crippen molar-refractivity contribution in [1.29, 1.82) is 0 Å². The van der Waals surface area contributed by atoms with Crippen LogP contribution < -0.4 is 4.90 Å². The first-order valence-electron chi connectivity index (χ1n) is 13.2. The summed E-state index contributed by atoms with van der Waals surface area (Å²) in [4.78, 5) is 27.0. The van der Waals surface area contributed by atoms with Crippen molar-refractivity contribution in [3.8, 4) is 11.8 Å². The first-order valence-corrected chi connectivity index (χ1v) is 13.2. The van der Waals surface area contributed by atoms with Crippen molar-refractivity contribution in [1.82, 2.24) is 4.90 Å². The first kappa shape index (κ1) is 27.7. The fourth-order valence-electron chi connectivity index (χ4n) is 5.62. The zero-order valence-electron chi connectivity index (χ0n) is 22.9. The highest BCUT2D eigenvalue weighted by molar-refractivity contribution is 5.87. The number of nitrogens with zero attached hydrogens (tertiary/aromatic N) is 2. The molecule has 1 saturated heterocycles. The lowest BCUT2D eigenvalue weighted by Gasteiger charge is -2.46. The van der Waals surface area contributed by atoms with E-state index in [2.05, 4.69) is 56.6 Å². The molecule has 202 valence electrons. The lowest BCUT2D eigenvalue weighted by Crippen LogP contribution is -2.52. The van der Waals surface area contributed by atoms with E-state index in [9.17, 15) is 19.8 Å². The minimum atomic E-state index is -1.01. The third-order valence-corrected chi connectivity index (χ3v) is 8.28. The van der Waals surface area contributed by atoms with Crippen LogP contribution in [0.3, 0.4) is 0 Å². The van der Waals surface area contributed by atoms with Crippen LogP contribution in [0.15, 0.2) is 36.4 Å². The molecule has 1 aliphatic carbocycles. The van der Waals surface area contributed by atoms with Crippen LogP contribution in [-0.4, -0.2) is 64.4 Å². The number of aliphatic hydroxyl groups is 1. The van der Waals surface area contributed by atoms with Crippen molar-refractivity contribution < 1.29 is 24.9 Å². The topological polar surface area (TPSA) is 101 Å². The molecule has 2 atom stereocenters. The van der Waals surface area contributed by atoms with Gasteiger partial charge in [0.05, 0.1) is 5.56 Å². The highest BCUT2D eigenvalue weighted by Gasteiger charge is 2.40. The van der Waals surface area contributed by atoms with Crippen LogP contribution in [0.2, 0.25) is 0 Å². The summed E-state index contributed by atoms with van der Waals surface area (Å²) in [7, 11) is 0. The summed E-state index contributed by atoms with van der Waals surface area (Å²) in [5, 5.41) is 29.7. The second-order valence-electron chi connectivity index (χ2n) is 11.8. The molecule has 0 saturated carbocycles. The van der Waals surface area contributed by atoms with Crippen molar-refractivity contribution in [2.24, 2.45) is 0 Å². The van der Waals surface area contributed by atoms with Gasteiger partial charge < -0.3 is 20.2 Å². The predicted molar refractivity (Wildman–Crippen MR) is 148 cm³/mol. The summed E-state index contributed by atoms with van der Waals surface area (Å²) in [5.41, 5.74) is 5.11. The van der Waals surface area contributed by atoms with Crippen molar-refractivity contribution in [2.45, 2.75) is 70.4 Å². The van der Waals surface area contributed by atoms with Crippen molar-refractivity contribution in [3.05, 3.63) is 64.2 Å². The van der Waals surface area contributed by atoms with Crippen LogP contribution in [0, 0.1) is 11.8 Å². The molecule has 0 spiro atoms. The molecule has 4 rings (SSSR count). The summed E-state index contributed by atoms with van der Waals surface area (Å²) in [6.07, 6.45) is 1.09. The molecule has 0 amide bonds. The predicted octanol–water partition coefficient (Wildman–Crippen LogP) is 4.41. The quantitative estimate of drug-likeness (QED) is 0.504. The maximum absolute atomic E-state index is 11.5. The number of benzene rings is 2. The van der Waals surface area contributed by atoms with E-state index in [1.165, 1.54) is 23.3 Å². The zero-order chi connectivity index (χ0) is 27.8. The Morgan fingerprint density at radius 3 is 2.11 bits per heavy atom. The van der Waals surface area contributed by atoms with Gasteiger partial charge in [-0.05, 0) is 77.6 Å². The number of aromatic carboxylic acids is 1. The summed E-state index contributed by atoms with van der Waals surface area (Å²) < 4.78 is 0. The van der Waals surface area contributed by atoms with E-state index in [-0.39, 0.29) is 16.4 Å². The normalized spacial score (nSPS) is 20.0. The first-order chi connectivity index (χ1) is 17.8. The molecule has 2 aliphatic rings. The number of carbonyl (C=O) groups is 2. The number of aliphatic carboxylic acids is 1. The molecule has 2 aromatic rings. The van der Waals surface area contributed by atoms with Crippen LogP contribution in [-0.2, 0) is 15.6 Å². The number of aliphatic hydroxyl groups excluding tert-OH is 1. The van der Waals surface area contributed by atoms with E-state index < -0.39 is 24.1 Å². The molecule has 2 aromatic carbocycles. The Hall–Kier alpha value is -3.34. The molecule has 2 unspecified atom stereocenters. The fraction of sp³-hybridized carbons (Fsp3) is 0.484. The Balaban J connectivity index is 1.71. The van der Waals surface area contributed by atoms with Gasteiger partial charge in [-0.1, -0.05) is 45.6 Å². The number of fused-ring (bicyclic) bond motifs is 1. The van der Waals surface area contributed by atoms with Crippen LogP contribution in [0.1, 0.15) is 86.2 Å². The van der Waals surface area contributed by atoms with Crippen molar-refractivity contribution in [3.63, 3.8) is 0 Å². The lowest BCUT2D eigenvalue weighted by molar-refractivity contribution is -0.142. The van der Waals surface area contributed by atoms with E-state index in [4.69, 9.17) is 5.11 Å². The molecule has 0 bridgehead atoms. The van der Waals surface area contributed by atoms with Gasteiger partial charge in [0, 0.05) is 37.4 Å². The maximum Gasteiger partial charge on any atom is 0.335 e. The average Bonchev–Trinajstić information content (AvgIpc) is 2.89. The molecule has 7 heteroatoms. The van der Waals surface area contributed by atoms with Gasteiger partial charge in [-0.15, -0.1) is 0 Å². The summed E-state index contributed by atoms with van der Waals surface area (Å²) in [6.45, 7) is 13.5. The van der Waals surface area contributed by atoms with E-state index in [1.54, 1.807) is 19.1 Å². The van der Waals surface area contributed by atoms with Gasteiger partial charge >= 0.3 is 11.9 Å². The average molecular weight is 519 g/mol. The van der Waals surface area contributed by atoms with Gasteiger partial charge in [0.2, 0.25) is 0 Å². The number of anilines is 1. The largest absolute Gasteiger partial charge is 0.480 e. The highest BCUT2D eigenvalue weighted by Crippen LogP contribution is 2.50. The fourth-order valence-corrected chi connectivity index (χ4v) is 5.62. The Kier molecular flexibility index (Phi) is 7.60. The monoisotopic (exact) mass is 518 g/mol. The number of piperazine rings is 1. The maximum atomic E-state index is 11.5. The third-order valence-electron chi connectivity index (χ3n) is 8.28. The number of hydrogen-bond acceptors (Lipinski definition) is 5. The minimum absolute atomic E-state index is 0.0350. The summed E-state index contributed by atoms with van der Waals surface area (Å²) >= 11 is 0. The van der Waals surface area contributed by atoms with Gasteiger partial charge in [-0.3, -0.25) is 9.69 Å². The summed E-state index contributed by atoms with van der Waals surface area (Å²) in [6, 6.07) is 9.95. The number of rotatable bonds is 5. The molecular formula is C31H38N2O5. The molecule has 1 aliphatic heterocycles. The van der Waals surface area contributed by atoms with Crippen molar-refractivity contribution >= 4 is 17.6 Å². The second kappa shape index (κ2) is 10.4. The smallest absolute Gasteiger partial charge is 0.335 e. The van der Waals surface area contributed by atoms with E-state index in [1.807, 2.05) is 4.90 Å². The Morgan fingerprint density at radius 1 is 0.921 bits per heavy atom. The van der Waals surface area contributed by atoms with E-state index in [0.717, 1.165) is 24.1 Å². The molecule has 1 heterocycles. The Morgan fingerprint density at radius 2 is 1.53 bits per heavy atom. The summed E-state index contributed by atoms with van der Waals surface area (Å²) in [5.74, 6) is 4.14. The van der Waals surface area contributed by atoms with Crippen molar-refractivity contribution in [2.75, 3.05) is 31.1 Å². The van der Waals surface area contributed by atoms with Crippen LogP contribution in [0.25, 0.3) is 0 Å². The standard InChI is InChI=1S/C31H38N2O5/c1-20(28(35)36)32-14-16-33(17-15-32)25-19-23(18-24-27(25)31(4,5)13-12-30(24,2)3)26(34)11-8-21-6-9-22(10-7-21)29(37)38/h6-7,9-10,18-20,26,34H,12-17H2,1-5H3,(H,35,36)(H,37,38). The van der Waals surface area contributed by atoms with Gasteiger partial charge in [0.1, 0.15) is 12.1 Å². The molecular weight excluding hydrogens is 480 g/mol. The van der Waals surface area contributed by atoms with E-state index in [0.29, 0.717) is 31.7 Å². The third kappa shape index (κ3) is 5.57. The Bertz CT molecular complexity index is 1280. The van der Waals surface area contributed by atoms with Crippen LogP contribution >= 0.6 is 0 Å². The molecule has 0 radical (unpaired) electrons. The number of carboxylic acids is 2. The van der Waals surface area contributed by atoms with Crippen LogP contribution in [0.4, 0.5) is 5.69 Å². The molecule has 0 aromatic heterocycles. The van der Waals surface area contributed by atoms with E-state index >= 15 is 0 Å².